The van der Waals surface area contributed by atoms with E-state index in [0.717, 1.165) is 49.8 Å². The van der Waals surface area contributed by atoms with Gasteiger partial charge in [0.1, 0.15) is 11.8 Å². The zero-order valence-electron chi connectivity index (χ0n) is 19.4. The van der Waals surface area contributed by atoms with E-state index in [1.807, 2.05) is 0 Å². The highest BCUT2D eigenvalue weighted by Crippen LogP contribution is 2.38. The van der Waals surface area contributed by atoms with Gasteiger partial charge < -0.3 is 16.2 Å². The maximum atomic E-state index is 13.6. The summed E-state index contributed by atoms with van der Waals surface area (Å²) in [7, 11) is -3.98. The average Bonchev–Trinajstić information content (AvgIpc) is 3.49. The number of phenols is 1. The van der Waals surface area contributed by atoms with Gasteiger partial charge in [-0.05, 0) is 109 Å². The van der Waals surface area contributed by atoms with Gasteiger partial charge in [-0.25, -0.2) is 8.42 Å². The Balaban J connectivity index is 1.47. The number of benzene rings is 3. The second kappa shape index (κ2) is 9.36. The number of phenolic OH excluding ortho intramolecular Hbond substituents is 1. The van der Waals surface area contributed by atoms with E-state index in [1.165, 1.54) is 58.7 Å². The second-order valence-corrected chi connectivity index (χ2v) is 11.1. The van der Waals surface area contributed by atoms with Crippen molar-refractivity contribution in [2.45, 2.75) is 55.9 Å². The van der Waals surface area contributed by atoms with Crippen LogP contribution >= 0.6 is 0 Å². The SMILES string of the molecule is Nc1ccc(S(=O)(=O)N[C@@H](Cc2ccc(O)cc2)C(=O)Nc2c3c(cc4c2CCC4)CCC3)cc1. The average molecular weight is 492 g/mol. The Bertz CT molecular complexity index is 1330. The van der Waals surface area contributed by atoms with Gasteiger partial charge in [-0.2, -0.15) is 4.72 Å². The molecule has 3 aromatic carbocycles. The highest BCUT2D eigenvalue weighted by Gasteiger charge is 2.30. The highest BCUT2D eigenvalue weighted by atomic mass is 32.2. The Morgan fingerprint density at radius 2 is 1.51 bits per heavy atom. The normalized spacial score (nSPS) is 15.4. The first-order valence-electron chi connectivity index (χ1n) is 11.9. The molecule has 182 valence electrons. The predicted octanol–water partition coefficient (Wildman–Crippen LogP) is 3.48. The molecule has 1 atom stereocenters. The van der Waals surface area contributed by atoms with Crippen LogP contribution in [-0.4, -0.2) is 25.5 Å². The number of nitrogens with two attached hydrogens (primary N) is 1. The van der Waals surface area contributed by atoms with Gasteiger partial charge in [0.15, 0.2) is 0 Å². The number of sulfonamides is 1. The predicted molar refractivity (Wildman–Crippen MR) is 136 cm³/mol. The van der Waals surface area contributed by atoms with Gasteiger partial charge in [0.2, 0.25) is 15.9 Å². The topological polar surface area (TPSA) is 122 Å². The van der Waals surface area contributed by atoms with Crippen LogP contribution in [0.4, 0.5) is 11.4 Å². The van der Waals surface area contributed by atoms with Crippen molar-refractivity contribution in [3.05, 3.63) is 82.4 Å². The maximum Gasteiger partial charge on any atom is 0.242 e. The summed E-state index contributed by atoms with van der Waals surface area (Å²) in [6.45, 7) is 0. The van der Waals surface area contributed by atoms with Crippen molar-refractivity contribution in [1.82, 2.24) is 4.72 Å². The highest BCUT2D eigenvalue weighted by molar-refractivity contribution is 7.89. The van der Waals surface area contributed by atoms with Crippen molar-refractivity contribution < 1.29 is 18.3 Å². The summed E-state index contributed by atoms with van der Waals surface area (Å²) >= 11 is 0. The molecular formula is C27H29N3O4S. The van der Waals surface area contributed by atoms with E-state index in [0.29, 0.717) is 5.69 Å². The molecule has 2 aliphatic rings. The van der Waals surface area contributed by atoms with Crippen LogP contribution in [-0.2, 0) is 46.9 Å². The molecule has 7 nitrogen and oxygen atoms in total. The fraction of sp³-hybridized carbons (Fsp3) is 0.296. The van der Waals surface area contributed by atoms with Crippen molar-refractivity contribution in [3.63, 3.8) is 0 Å². The van der Waals surface area contributed by atoms with Gasteiger partial charge >= 0.3 is 0 Å². The van der Waals surface area contributed by atoms with Gasteiger partial charge in [-0.3, -0.25) is 4.79 Å². The largest absolute Gasteiger partial charge is 0.508 e. The molecule has 1 amide bonds. The third-order valence-electron chi connectivity index (χ3n) is 6.90. The minimum Gasteiger partial charge on any atom is -0.508 e. The summed E-state index contributed by atoms with van der Waals surface area (Å²) in [5.41, 5.74) is 12.7. The molecule has 0 spiro atoms. The van der Waals surface area contributed by atoms with E-state index < -0.39 is 22.0 Å². The number of carbonyl (C=O) groups is 1. The Morgan fingerprint density at radius 3 is 2.11 bits per heavy atom. The number of fused-ring (bicyclic) bond motifs is 2. The molecule has 0 saturated heterocycles. The summed E-state index contributed by atoms with van der Waals surface area (Å²) in [5.74, 6) is -0.292. The number of carbonyl (C=O) groups excluding carboxylic acids is 1. The Kier molecular flexibility index (Phi) is 6.25. The van der Waals surface area contributed by atoms with Crippen molar-refractivity contribution in [2.75, 3.05) is 11.1 Å². The fourth-order valence-corrected chi connectivity index (χ4v) is 6.33. The Hall–Kier alpha value is -3.36. The number of aryl methyl sites for hydroxylation is 2. The third kappa shape index (κ3) is 4.90. The van der Waals surface area contributed by atoms with Crippen molar-refractivity contribution in [1.29, 1.82) is 0 Å². The van der Waals surface area contributed by atoms with Gasteiger partial charge in [0, 0.05) is 11.4 Å². The Morgan fingerprint density at radius 1 is 0.914 bits per heavy atom. The number of anilines is 2. The molecular weight excluding hydrogens is 462 g/mol. The lowest BCUT2D eigenvalue weighted by atomic mass is 9.98. The number of nitrogens with one attached hydrogen (secondary N) is 2. The molecule has 0 heterocycles. The minimum absolute atomic E-state index is 0.0386. The van der Waals surface area contributed by atoms with E-state index in [1.54, 1.807) is 12.1 Å². The third-order valence-corrected chi connectivity index (χ3v) is 8.39. The van der Waals surface area contributed by atoms with Crippen LogP contribution in [0.3, 0.4) is 0 Å². The first kappa shape index (κ1) is 23.4. The molecule has 0 aliphatic heterocycles. The number of hydrogen-bond acceptors (Lipinski definition) is 5. The molecule has 5 N–H and O–H groups in total. The van der Waals surface area contributed by atoms with E-state index in [4.69, 9.17) is 5.73 Å². The van der Waals surface area contributed by atoms with E-state index >= 15 is 0 Å². The quantitative estimate of drug-likeness (QED) is 0.377. The van der Waals surface area contributed by atoms with Crippen LogP contribution < -0.4 is 15.8 Å². The standard InChI is InChI=1S/C27H29N3O4S/c28-20-9-13-22(14-10-20)35(33,34)30-25(15-17-7-11-21(31)12-8-17)27(32)29-26-23-5-1-3-18(23)16-19-4-2-6-24(19)26/h7-14,16,25,30-31H,1-6,15,28H2,(H,29,32)/t25-/m0/s1. The van der Waals surface area contributed by atoms with Gasteiger partial charge in [0.25, 0.3) is 0 Å². The fourth-order valence-electron chi connectivity index (χ4n) is 5.14. The number of nitrogen functional groups attached to an aromatic ring is 1. The zero-order valence-corrected chi connectivity index (χ0v) is 20.2. The summed E-state index contributed by atoms with van der Waals surface area (Å²) in [5, 5.41) is 12.8. The van der Waals surface area contributed by atoms with Crippen LogP contribution in [0.1, 0.15) is 40.7 Å². The van der Waals surface area contributed by atoms with Gasteiger partial charge in [-0.1, -0.05) is 18.2 Å². The van der Waals surface area contributed by atoms with E-state index in [-0.39, 0.29) is 17.1 Å². The van der Waals surface area contributed by atoms with Crippen LogP contribution in [0.5, 0.6) is 5.75 Å². The van der Waals surface area contributed by atoms with E-state index in [9.17, 15) is 18.3 Å². The van der Waals surface area contributed by atoms with Crippen LogP contribution in [0, 0.1) is 0 Å². The van der Waals surface area contributed by atoms with Crippen molar-refractivity contribution in [2.24, 2.45) is 0 Å². The minimum atomic E-state index is -3.98. The number of hydrogen-bond donors (Lipinski definition) is 4. The zero-order chi connectivity index (χ0) is 24.6. The first-order chi connectivity index (χ1) is 16.8. The van der Waals surface area contributed by atoms with E-state index in [2.05, 4.69) is 16.1 Å². The first-order valence-corrected chi connectivity index (χ1v) is 13.4. The lowest BCUT2D eigenvalue weighted by molar-refractivity contribution is -0.117. The van der Waals surface area contributed by atoms with Crippen LogP contribution in [0.15, 0.2) is 59.5 Å². The summed E-state index contributed by atoms with van der Waals surface area (Å²) in [6.07, 6.45) is 6.09. The molecule has 0 saturated carbocycles. The number of aromatic hydroxyl groups is 1. The Labute approximate surface area is 205 Å². The molecule has 0 radical (unpaired) electrons. The molecule has 3 aromatic rings. The molecule has 8 heteroatoms. The van der Waals surface area contributed by atoms with Crippen LogP contribution in [0.25, 0.3) is 0 Å². The summed E-state index contributed by atoms with van der Waals surface area (Å²) < 4.78 is 28.9. The maximum absolute atomic E-state index is 13.6. The second-order valence-electron chi connectivity index (χ2n) is 9.34. The number of rotatable bonds is 7. The van der Waals surface area contributed by atoms with Gasteiger partial charge in [0.05, 0.1) is 4.90 Å². The van der Waals surface area contributed by atoms with Gasteiger partial charge in [-0.15, -0.1) is 0 Å². The smallest absolute Gasteiger partial charge is 0.242 e. The monoisotopic (exact) mass is 491 g/mol. The molecule has 5 rings (SSSR count). The van der Waals surface area contributed by atoms with Crippen molar-refractivity contribution in [3.8, 4) is 5.75 Å². The van der Waals surface area contributed by atoms with Crippen molar-refractivity contribution >= 4 is 27.3 Å². The molecule has 2 aliphatic carbocycles. The summed E-state index contributed by atoms with van der Waals surface area (Å²) in [6, 6.07) is 13.5. The molecule has 0 unspecified atom stereocenters. The lowest BCUT2D eigenvalue weighted by Gasteiger charge is -2.22. The molecule has 0 fully saturated rings. The lowest BCUT2D eigenvalue weighted by Crippen LogP contribution is -2.45. The number of amides is 1. The molecule has 0 bridgehead atoms. The molecule has 0 aromatic heterocycles. The summed E-state index contributed by atoms with van der Waals surface area (Å²) in [4.78, 5) is 13.7. The van der Waals surface area contributed by atoms with Crippen LogP contribution in [0.2, 0.25) is 0 Å². The molecule has 35 heavy (non-hydrogen) atoms.